The van der Waals surface area contributed by atoms with E-state index in [4.69, 9.17) is 9.47 Å². The Morgan fingerprint density at radius 1 is 1.38 bits per heavy atom. The minimum Gasteiger partial charge on any atom is -0.493 e. The fourth-order valence-corrected chi connectivity index (χ4v) is 2.27. The zero-order valence-electron chi connectivity index (χ0n) is 9.66. The minimum atomic E-state index is 0.721. The lowest BCUT2D eigenvalue weighted by molar-refractivity contribution is 0.311. The molecule has 0 spiro atoms. The molecule has 0 saturated carbocycles. The van der Waals surface area contributed by atoms with E-state index >= 15 is 0 Å². The Bertz CT molecular complexity index is 296. The third-order valence-electron chi connectivity index (χ3n) is 2.10. The molecule has 0 aliphatic carbocycles. The number of hydrogen-bond donors (Lipinski definition) is 0. The van der Waals surface area contributed by atoms with Crippen molar-refractivity contribution >= 4 is 27.7 Å². The topological polar surface area (TPSA) is 18.5 Å². The number of hydrogen-bond acceptors (Lipinski definition) is 3. The first kappa shape index (κ1) is 13.7. The van der Waals surface area contributed by atoms with E-state index in [2.05, 4.69) is 22.9 Å². The second kappa shape index (κ2) is 7.85. The molecule has 16 heavy (non-hydrogen) atoms. The van der Waals surface area contributed by atoms with Crippen molar-refractivity contribution in [2.45, 2.75) is 12.3 Å². The lowest BCUT2D eigenvalue weighted by Crippen LogP contribution is -2.04. The van der Waals surface area contributed by atoms with Crippen molar-refractivity contribution in [2.24, 2.45) is 0 Å². The van der Waals surface area contributed by atoms with E-state index in [1.54, 1.807) is 7.11 Å². The molecule has 90 valence electrons. The molecular formula is C12H17BrO2S. The van der Waals surface area contributed by atoms with Gasteiger partial charge in [0.2, 0.25) is 0 Å². The number of thioether (sulfide) groups is 1. The van der Waals surface area contributed by atoms with Crippen LogP contribution in [-0.4, -0.2) is 25.2 Å². The van der Waals surface area contributed by atoms with Gasteiger partial charge in [0.05, 0.1) is 13.7 Å². The van der Waals surface area contributed by atoms with Gasteiger partial charge in [-0.3, -0.25) is 0 Å². The number of alkyl halides is 1. The van der Waals surface area contributed by atoms with E-state index in [-0.39, 0.29) is 0 Å². The Morgan fingerprint density at radius 3 is 2.81 bits per heavy atom. The summed E-state index contributed by atoms with van der Waals surface area (Å²) in [5, 5.41) is 0.778. The summed E-state index contributed by atoms with van der Waals surface area (Å²) in [7, 11) is 1.67. The molecule has 0 fully saturated rings. The SMILES string of the molecule is CCSCCOc1c(CBr)cccc1OC. The maximum absolute atomic E-state index is 5.78. The molecule has 0 bridgehead atoms. The van der Waals surface area contributed by atoms with Crippen molar-refractivity contribution in [1.29, 1.82) is 0 Å². The van der Waals surface area contributed by atoms with Crippen LogP contribution >= 0.6 is 27.7 Å². The fourth-order valence-electron chi connectivity index (χ4n) is 1.34. The predicted octanol–water partition coefficient (Wildman–Crippen LogP) is 3.72. The third kappa shape index (κ3) is 3.91. The zero-order chi connectivity index (χ0) is 11.8. The summed E-state index contributed by atoms with van der Waals surface area (Å²) in [6.07, 6.45) is 0. The molecule has 0 N–H and O–H groups in total. The quantitative estimate of drug-likeness (QED) is 0.565. The minimum absolute atomic E-state index is 0.721. The number of para-hydroxylation sites is 1. The Hall–Kier alpha value is -0.350. The smallest absolute Gasteiger partial charge is 0.165 e. The first-order valence-corrected chi connectivity index (χ1v) is 7.53. The van der Waals surface area contributed by atoms with Gasteiger partial charge < -0.3 is 9.47 Å². The molecule has 1 rings (SSSR count). The van der Waals surface area contributed by atoms with Crippen LogP contribution in [0.3, 0.4) is 0 Å². The highest BCUT2D eigenvalue weighted by Gasteiger charge is 2.09. The van der Waals surface area contributed by atoms with Gasteiger partial charge in [-0.2, -0.15) is 11.8 Å². The highest BCUT2D eigenvalue weighted by Crippen LogP contribution is 2.32. The van der Waals surface area contributed by atoms with Gasteiger partial charge in [-0.15, -0.1) is 0 Å². The lowest BCUT2D eigenvalue weighted by Gasteiger charge is -2.13. The third-order valence-corrected chi connectivity index (χ3v) is 3.57. The number of ether oxygens (including phenoxy) is 2. The molecule has 0 aromatic heterocycles. The lowest BCUT2D eigenvalue weighted by atomic mass is 10.2. The van der Waals surface area contributed by atoms with Crippen LogP contribution in [-0.2, 0) is 5.33 Å². The molecule has 0 unspecified atom stereocenters. The molecule has 1 aromatic rings. The highest BCUT2D eigenvalue weighted by atomic mass is 79.9. The van der Waals surface area contributed by atoms with Crippen molar-refractivity contribution < 1.29 is 9.47 Å². The summed E-state index contributed by atoms with van der Waals surface area (Å²) < 4.78 is 11.1. The van der Waals surface area contributed by atoms with Crippen LogP contribution in [0.15, 0.2) is 18.2 Å². The van der Waals surface area contributed by atoms with Crippen molar-refractivity contribution in [3.8, 4) is 11.5 Å². The van der Waals surface area contributed by atoms with E-state index < -0.39 is 0 Å². The average molecular weight is 305 g/mol. The fraction of sp³-hybridized carbons (Fsp3) is 0.500. The van der Waals surface area contributed by atoms with Gasteiger partial charge >= 0.3 is 0 Å². The van der Waals surface area contributed by atoms with Crippen LogP contribution in [0.5, 0.6) is 11.5 Å². The van der Waals surface area contributed by atoms with Gasteiger partial charge in [-0.25, -0.2) is 0 Å². The maximum atomic E-state index is 5.78. The second-order valence-electron chi connectivity index (χ2n) is 3.13. The molecule has 0 amide bonds. The predicted molar refractivity (Wildman–Crippen MR) is 74.1 cm³/mol. The van der Waals surface area contributed by atoms with E-state index in [0.29, 0.717) is 0 Å². The van der Waals surface area contributed by atoms with Gasteiger partial charge in [0.15, 0.2) is 11.5 Å². The summed E-state index contributed by atoms with van der Waals surface area (Å²) in [6.45, 7) is 2.87. The van der Waals surface area contributed by atoms with Crippen LogP contribution in [0.4, 0.5) is 0 Å². The van der Waals surface area contributed by atoms with E-state index in [9.17, 15) is 0 Å². The monoisotopic (exact) mass is 304 g/mol. The van der Waals surface area contributed by atoms with Crippen molar-refractivity contribution in [2.75, 3.05) is 25.2 Å². The number of rotatable bonds is 7. The number of benzene rings is 1. The van der Waals surface area contributed by atoms with E-state index in [0.717, 1.165) is 40.5 Å². The molecule has 0 atom stereocenters. The Morgan fingerprint density at radius 2 is 2.19 bits per heavy atom. The van der Waals surface area contributed by atoms with Gasteiger partial charge in [-0.05, 0) is 11.8 Å². The van der Waals surface area contributed by atoms with Crippen LogP contribution in [0.25, 0.3) is 0 Å². The van der Waals surface area contributed by atoms with Gasteiger partial charge in [0.25, 0.3) is 0 Å². The van der Waals surface area contributed by atoms with Crippen LogP contribution in [0, 0.1) is 0 Å². The Balaban J connectivity index is 2.67. The summed E-state index contributed by atoms with van der Waals surface area (Å²) in [4.78, 5) is 0. The van der Waals surface area contributed by atoms with Crippen molar-refractivity contribution in [3.05, 3.63) is 23.8 Å². The highest BCUT2D eigenvalue weighted by molar-refractivity contribution is 9.08. The van der Waals surface area contributed by atoms with Crippen LogP contribution < -0.4 is 9.47 Å². The summed E-state index contributed by atoms with van der Waals surface area (Å²) in [5.41, 5.74) is 1.13. The van der Waals surface area contributed by atoms with E-state index in [1.165, 1.54) is 0 Å². The Labute approximate surface area is 110 Å². The van der Waals surface area contributed by atoms with Gasteiger partial charge in [-0.1, -0.05) is 35.0 Å². The van der Waals surface area contributed by atoms with Crippen molar-refractivity contribution in [3.63, 3.8) is 0 Å². The molecular weight excluding hydrogens is 288 g/mol. The first-order valence-electron chi connectivity index (χ1n) is 5.25. The molecule has 4 heteroatoms. The molecule has 0 saturated heterocycles. The Kier molecular flexibility index (Phi) is 6.73. The van der Waals surface area contributed by atoms with Crippen LogP contribution in [0.2, 0.25) is 0 Å². The van der Waals surface area contributed by atoms with Gasteiger partial charge in [0.1, 0.15) is 0 Å². The zero-order valence-corrected chi connectivity index (χ0v) is 12.1. The number of methoxy groups -OCH3 is 1. The summed E-state index contributed by atoms with van der Waals surface area (Å²) in [5.74, 6) is 3.80. The molecule has 0 aliphatic heterocycles. The second-order valence-corrected chi connectivity index (χ2v) is 5.08. The number of halogens is 1. The maximum Gasteiger partial charge on any atom is 0.165 e. The average Bonchev–Trinajstić information content (AvgIpc) is 2.34. The molecule has 0 radical (unpaired) electrons. The normalized spacial score (nSPS) is 10.2. The molecule has 1 aromatic carbocycles. The van der Waals surface area contributed by atoms with Gasteiger partial charge in [0, 0.05) is 16.6 Å². The standard InChI is InChI=1S/C12H17BrO2S/c1-3-16-8-7-15-12-10(9-13)5-4-6-11(12)14-2/h4-6H,3,7-9H2,1-2H3. The summed E-state index contributed by atoms with van der Waals surface area (Å²) >= 11 is 5.33. The first-order chi connectivity index (χ1) is 7.83. The van der Waals surface area contributed by atoms with E-state index in [1.807, 2.05) is 30.0 Å². The largest absolute Gasteiger partial charge is 0.493 e. The summed E-state index contributed by atoms with van der Waals surface area (Å²) in [6, 6.07) is 5.94. The molecule has 0 aliphatic rings. The van der Waals surface area contributed by atoms with Crippen molar-refractivity contribution in [1.82, 2.24) is 0 Å². The van der Waals surface area contributed by atoms with Crippen LogP contribution in [0.1, 0.15) is 12.5 Å². The molecule has 2 nitrogen and oxygen atoms in total. The molecule has 0 heterocycles.